The van der Waals surface area contributed by atoms with Crippen molar-refractivity contribution in [3.63, 3.8) is 0 Å². The predicted octanol–water partition coefficient (Wildman–Crippen LogP) is 1.67. The number of carbonyl (C=O) groups excluding carboxylic acids is 1. The molecule has 1 amide bonds. The molecule has 1 aromatic carbocycles. The molecule has 2 saturated heterocycles. The molecule has 2 unspecified atom stereocenters. The van der Waals surface area contributed by atoms with E-state index in [4.69, 9.17) is 4.74 Å². The highest BCUT2D eigenvalue weighted by Crippen LogP contribution is 2.31. The van der Waals surface area contributed by atoms with Crippen LogP contribution in [-0.2, 0) is 11.3 Å². The number of amides is 1. The van der Waals surface area contributed by atoms with Crippen LogP contribution in [0.1, 0.15) is 5.56 Å². The molecule has 1 aromatic rings. The largest absolute Gasteiger partial charge is 0.445 e. The van der Waals surface area contributed by atoms with Gasteiger partial charge in [0.2, 0.25) is 0 Å². The lowest BCUT2D eigenvalue weighted by Crippen LogP contribution is -2.54. The van der Waals surface area contributed by atoms with E-state index in [1.807, 2.05) is 47.0 Å². The number of thioether (sulfide) groups is 1. The Bertz CT molecular complexity index is 410. The van der Waals surface area contributed by atoms with Crippen LogP contribution in [-0.4, -0.2) is 41.3 Å². The van der Waals surface area contributed by atoms with Crippen molar-refractivity contribution in [1.29, 1.82) is 0 Å². The Morgan fingerprint density at radius 1 is 1.39 bits per heavy atom. The highest BCUT2D eigenvalue weighted by Gasteiger charge is 2.41. The number of hydrogen-bond acceptors (Lipinski definition) is 4. The van der Waals surface area contributed by atoms with Gasteiger partial charge in [0.15, 0.2) is 0 Å². The molecule has 3 rings (SSSR count). The quantitative estimate of drug-likeness (QED) is 0.882. The van der Waals surface area contributed by atoms with Gasteiger partial charge in [0.05, 0.1) is 11.4 Å². The molecule has 0 spiro atoms. The van der Waals surface area contributed by atoms with E-state index in [2.05, 4.69) is 5.32 Å². The Hall–Kier alpha value is -1.20. The summed E-state index contributed by atoms with van der Waals surface area (Å²) in [7, 11) is 0. The first-order valence-corrected chi connectivity index (χ1v) is 7.21. The maximum Gasteiger partial charge on any atom is 0.411 e. The number of hydrogen-bond donors (Lipinski definition) is 1. The van der Waals surface area contributed by atoms with E-state index in [0.717, 1.165) is 24.4 Å². The summed E-state index contributed by atoms with van der Waals surface area (Å²) in [5, 5.41) is 3.58. The third-order valence-electron chi connectivity index (χ3n) is 3.30. The second-order valence-electron chi connectivity index (χ2n) is 4.55. The van der Waals surface area contributed by atoms with Crippen molar-refractivity contribution in [3.05, 3.63) is 35.9 Å². The van der Waals surface area contributed by atoms with E-state index >= 15 is 0 Å². The standard InChI is InChI=1S/C13H16N2O2S/c16-13(17-8-10-4-2-1-3-5-10)15-11-6-14-7-12(15)18-9-11/h1-5,11-12,14H,6-9H2. The van der Waals surface area contributed by atoms with Crippen LogP contribution in [0.25, 0.3) is 0 Å². The summed E-state index contributed by atoms with van der Waals surface area (Å²) in [5.74, 6) is 1.01. The van der Waals surface area contributed by atoms with E-state index in [0.29, 0.717) is 6.61 Å². The molecule has 2 bridgehead atoms. The van der Waals surface area contributed by atoms with Crippen LogP contribution in [0.4, 0.5) is 4.79 Å². The van der Waals surface area contributed by atoms with Crippen molar-refractivity contribution in [3.8, 4) is 0 Å². The zero-order valence-electron chi connectivity index (χ0n) is 10.0. The average molecular weight is 264 g/mol. The Morgan fingerprint density at radius 3 is 3.00 bits per heavy atom. The van der Waals surface area contributed by atoms with Crippen molar-refractivity contribution >= 4 is 17.9 Å². The van der Waals surface area contributed by atoms with E-state index in [9.17, 15) is 4.79 Å². The fourth-order valence-electron chi connectivity index (χ4n) is 2.37. The lowest BCUT2D eigenvalue weighted by Gasteiger charge is -2.33. The van der Waals surface area contributed by atoms with Crippen molar-refractivity contribution in [2.75, 3.05) is 18.8 Å². The van der Waals surface area contributed by atoms with Gasteiger partial charge in [-0.3, -0.25) is 4.90 Å². The summed E-state index contributed by atoms with van der Waals surface area (Å²) in [6.07, 6.45) is -0.180. The van der Waals surface area contributed by atoms with Crippen LogP contribution in [0.3, 0.4) is 0 Å². The van der Waals surface area contributed by atoms with E-state index < -0.39 is 0 Å². The fourth-order valence-corrected chi connectivity index (χ4v) is 3.74. The van der Waals surface area contributed by atoms with Gasteiger partial charge < -0.3 is 10.1 Å². The highest BCUT2D eigenvalue weighted by atomic mass is 32.2. The summed E-state index contributed by atoms with van der Waals surface area (Å²) in [6.45, 7) is 2.10. The molecule has 4 nitrogen and oxygen atoms in total. The minimum absolute atomic E-state index is 0.180. The molecule has 0 radical (unpaired) electrons. The van der Waals surface area contributed by atoms with Crippen molar-refractivity contribution in [1.82, 2.24) is 10.2 Å². The zero-order valence-corrected chi connectivity index (χ0v) is 10.9. The van der Waals surface area contributed by atoms with Gasteiger partial charge in [-0.05, 0) is 5.56 Å². The molecule has 2 fully saturated rings. The molecule has 18 heavy (non-hydrogen) atoms. The Balaban J connectivity index is 1.59. The van der Waals surface area contributed by atoms with Gasteiger partial charge in [-0.25, -0.2) is 4.79 Å². The van der Waals surface area contributed by atoms with Crippen LogP contribution < -0.4 is 5.32 Å². The van der Waals surface area contributed by atoms with Crippen molar-refractivity contribution < 1.29 is 9.53 Å². The first kappa shape index (κ1) is 11.9. The summed E-state index contributed by atoms with van der Waals surface area (Å²) in [6, 6.07) is 10.1. The van der Waals surface area contributed by atoms with Crippen molar-refractivity contribution in [2.45, 2.75) is 18.0 Å². The predicted molar refractivity (Wildman–Crippen MR) is 71.4 cm³/mol. The molecule has 2 heterocycles. The molecule has 2 aliphatic heterocycles. The van der Waals surface area contributed by atoms with Gasteiger partial charge >= 0.3 is 6.09 Å². The minimum atomic E-state index is -0.180. The van der Waals surface area contributed by atoms with Crippen LogP contribution in [0, 0.1) is 0 Å². The molecule has 0 aliphatic carbocycles. The number of ether oxygens (including phenoxy) is 1. The Kier molecular flexibility index (Phi) is 3.43. The lowest BCUT2D eigenvalue weighted by atomic mass is 10.2. The number of nitrogens with one attached hydrogen (secondary N) is 1. The van der Waals surface area contributed by atoms with Crippen LogP contribution in [0.2, 0.25) is 0 Å². The summed E-state index contributed by atoms with van der Waals surface area (Å²) in [4.78, 5) is 14.0. The monoisotopic (exact) mass is 264 g/mol. The van der Waals surface area contributed by atoms with Crippen LogP contribution in [0.15, 0.2) is 30.3 Å². The second kappa shape index (κ2) is 5.20. The Labute approximate surface area is 111 Å². The molecule has 96 valence electrons. The molecule has 0 aromatic heterocycles. The number of benzene rings is 1. The Morgan fingerprint density at radius 2 is 2.22 bits per heavy atom. The van der Waals surface area contributed by atoms with E-state index in [1.54, 1.807) is 0 Å². The fraction of sp³-hybridized carbons (Fsp3) is 0.462. The van der Waals surface area contributed by atoms with Gasteiger partial charge in [0, 0.05) is 18.8 Å². The summed E-state index contributed by atoms with van der Waals surface area (Å²) < 4.78 is 5.39. The van der Waals surface area contributed by atoms with Crippen LogP contribution >= 0.6 is 11.8 Å². The van der Waals surface area contributed by atoms with E-state index in [1.165, 1.54) is 0 Å². The third kappa shape index (κ3) is 2.33. The first-order chi connectivity index (χ1) is 8.84. The number of rotatable bonds is 2. The number of fused-ring (bicyclic) bond motifs is 2. The first-order valence-electron chi connectivity index (χ1n) is 6.16. The number of nitrogens with zero attached hydrogens (tertiary/aromatic N) is 1. The molecule has 0 saturated carbocycles. The smallest absolute Gasteiger partial charge is 0.411 e. The maximum atomic E-state index is 12.1. The van der Waals surface area contributed by atoms with Gasteiger partial charge in [0.25, 0.3) is 0 Å². The topological polar surface area (TPSA) is 41.6 Å². The maximum absolute atomic E-state index is 12.1. The minimum Gasteiger partial charge on any atom is -0.445 e. The van der Waals surface area contributed by atoms with Gasteiger partial charge in [-0.15, -0.1) is 11.8 Å². The molecule has 1 N–H and O–H groups in total. The average Bonchev–Trinajstić information content (AvgIpc) is 2.67. The SMILES string of the molecule is O=C(OCc1ccccc1)N1C2CNCC1SC2. The van der Waals surface area contributed by atoms with Gasteiger partial charge in [0.1, 0.15) is 6.61 Å². The summed E-state index contributed by atoms with van der Waals surface area (Å²) >= 11 is 1.83. The number of piperazine rings is 1. The van der Waals surface area contributed by atoms with Gasteiger partial charge in [-0.1, -0.05) is 30.3 Å². The molecule has 5 heteroatoms. The summed E-state index contributed by atoms with van der Waals surface area (Å²) in [5.41, 5.74) is 1.03. The normalized spacial score (nSPS) is 26.1. The second-order valence-corrected chi connectivity index (χ2v) is 5.76. The lowest BCUT2D eigenvalue weighted by molar-refractivity contribution is 0.0755. The molecule has 2 aliphatic rings. The third-order valence-corrected chi connectivity index (χ3v) is 4.66. The van der Waals surface area contributed by atoms with E-state index in [-0.39, 0.29) is 17.5 Å². The molecular formula is C13H16N2O2S. The van der Waals surface area contributed by atoms with Gasteiger partial charge in [-0.2, -0.15) is 0 Å². The highest BCUT2D eigenvalue weighted by molar-refractivity contribution is 8.00. The number of carbonyl (C=O) groups is 1. The van der Waals surface area contributed by atoms with Crippen LogP contribution in [0.5, 0.6) is 0 Å². The molecular weight excluding hydrogens is 248 g/mol. The molecule has 2 atom stereocenters. The zero-order chi connectivity index (χ0) is 12.4. The van der Waals surface area contributed by atoms with Crippen molar-refractivity contribution in [2.24, 2.45) is 0 Å².